The normalized spacial score (nSPS) is 10.6. The van der Waals surface area contributed by atoms with Crippen molar-refractivity contribution in [2.45, 2.75) is 19.9 Å². The van der Waals surface area contributed by atoms with Crippen molar-refractivity contribution in [2.24, 2.45) is 0 Å². The van der Waals surface area contributed by atoms with Crippen molar-refractivity contribution in [1.29, 1.82) is 0 Å². The molecule has 0 aliphatic heterocycles. The van der Waals surface area contributed by atoms with E-state index in [0.29, 0.717) is 6.04 Å². The van der Waals surface area contributed by atoms with Crippen LogP contribution in [0.25, 0.3) is 0 Å². The molecule has 0 atom stereocenters. The number of hydrogen-bond acceptors (Lipinski definition) is 2. The van der Waals surface area contributed by atoms with Crippen LogP contribution in [0, 0.1) is 0 Å². The lowest BCUT2D eigenvalue weighted by Gasteiger charge is -2.25. The van der Waals surface area contributed by atoms with Gasteiger partial charge in [0.1, 0.15) is 0 Å². The molecule has 0 aliphatic rings. The molecule has 0 amide bonds. The second-order valence-corrected chi connectivity index (χ2v) is 5.12. The molecule has 19 heavy (non-hydrogen) atoms. The van der Waals surface area contributed by atoms with Crippen LogP contribution in [0.5, 0.6) is 0 Å². The highest BCUT2D eigenvalue weighted by Crippen LogP contribution is 2.25. The summed E-state index contributed by atoms with van der Waals surface area (Å²) in [6.45, 7) is 4.40. The zero-order valence-electron chi connectivity index (χ0n) is 12.2. The molecule has 0 heterocycles. The largest absolute Gasteiger partial charge is 0.372 e. The Labute approximate surface area is 116 Å². The number of rotatable bonds is 4. The molecule has 100 valence electrons. The van der Waals surface area contributed by atoms with E-state index >= 15 is 0 Å². The Morgan fingerprint density at radius 1 is 0.684 bits per heavy atom. The van der Waals surface area contributed by atoms with E-state index in [1.807, 2.05) is 6.07 Å². The fraction of sp³-hybridized carbons (Fsp3) is 0.294. The Kier molecular flexibility index (Phi) is 4.10. The van der Waals surface area contributed by atoms with Crippen molar-refractivity contribution in [2.75, 3.05) is 23.9 Å². The van der Waals surface area contributed by atoms with Gasteiger partial charge in [-0.15, -0.1) is 0 Å². The minimum atomic E-state index is 0.512. The molecule has 0 radical (unpaired) electrons. The fourth-order valence-electron chi connectivity index (χ4n) is 2.01. The zero-order chi connectivity index (χ0) is 13.8. The van der Waals surface area contributed by atoms with E-state index in [1.54, 1.807) is 0 Å². The van der Waals surface area contributed by atoms with Gasteiger partial charge < -0.3 is 9.80 Å². The average Bonchev–Trinajstić information content (AvgIpc) is 2.46. The van der Waals surface area contributed by atoms with Crippen LogP contribution in [0.4, 0.5) is 17.1 Å². The summed E-state index contributed by atoms with van der Waals surface area (Å²) in [5.41, 5.74) is 3.65. The highest BCUT2D eigenvalue weighted by Gasteiger charge is 2.06. The first-order valence-electron chi connectivity index (χ1n) is 6.71. The molecule has 0 N–H and O–H groups in total. The maximum atomic E-state index is 2.27. The Balaban J connectivity index is 2.19. The summed E-state index contributed by atoms with van der Waals surface area (Å²) in [7, 11) is 4.22. The summed E-state index contributed by atoms with van der Waals surface area (Å²) in [6, 6.07) is 19.6. The Hall–Kier alpha value is -1.96. The third kappa shape index (κ3) is 3.08. The Bertz CT molecular complexity index is 503. The van der Waals surface area contributed by atoms with Gasteiger partial charge in [-0.25, -0.2) is 0 Å². The number of hydrogen-bond donors (Lipinski definition) is 0. The van der Waals surface area contributed by atoms with Crippen LogP contribution in [-0.4, -0.2) is 20.1 Å². The topological polar surface area (TPSA) is 6.48 Å². The molecular weight excluding hydrogens is 232 g/mol. The lowest BCUT2D eigenvalue weighted by molar-refractivity contribution is 0.755. The standard InChI is InChI=1S/C17H22N2/c1-14(2)18(3)16-10-12-17(13-11-16)19(4)15-8-6-5-7-9-15/h5-14H,1-4H3. The van der Waals surface area contributed by atoms with Gasteiger partial charge in [0.25, 0.3) is 0 Å². The molecule has 2 aromatic carbocycles. The van der Waals surface area contributed by atoms with E-state index in [4.69, 9.17) is 0 Å². The number of para-hydroxylation sites is 1. The van der Waals surface area contributed by atoms with E-state index in [-0.39, 0.29) is 0 Å². The zero-order valence-corrected chi connectivity index (χ0v) is 12.2. The lowest BCUT2D eigenvalue weighted by atomic mass is 10.2. The van der Waals surface area contributed by atoms with Crippen LogP contribution in [0.2, 0.25) is 0 Å². The summed E-state index contributed by atoms with van der Waals surface area (Å²) in [5, 5.41) is 0. The van der Waals surface area contributed by atoms with Gasteiger partial charge >= 0.3 is 0 Å². The van der Waals surface area contributed by atoms with Crippen LogP contribution >= 0.6 is 0 Å². The van der Waals surface area contributed by atoms with Gasteiger partial charge in [-0.3, -0.25) is 0 Å². The molecule has 0 aromatic heterocycles. The predicted octanol–water partition coefficient (Wildman–Crippen LogP) is 4.30. The Morgan fingerprint density at radius 2 is 1.16 bits per heavy atom. The van der Waals surface area contributed by atoms with Gasteiger partial charge in [0.15, 0.2) is 0 Å². The van der Waals surface area contributed by atoms with Crippen LogP contribution in [0.3, 0.4) is 0 Å². The first kappa shape index (κ1) is 13.5. The minimum Gasteiger partial charge on any atom is -0.372 e. The molecule has 0 bridgehead atoms. The van der Waals surface area contributed by atoms with Gasteiger partial charge in [0, 0.05) is 37.2 Å². The SMILES string of the molecule is CC(C)N(C)c1ccc(N(C)c2ccccc2)cc1. The van der Waals surface area contributed by atoms with E-state index < -0.39 is 0 Å². The number of anilines is 3. The molecule has 0 fully saturated rings. The second-order valence-electron chi connectivity index (χ2n) is 5.12. The van der Waals surface area contributed by atoms with Gasteiger partial charge in [-0.2, -0.15) is 0 Å². The number of benzene rings is 2. The predicted molar refractivity (Wildman–Crippen MR) is 84.5 cm³/mol. The van der Waals surface area contributed by atoms with Crippen LogP contribution in [0.1, 0.15) is 13.8 Å². The minimum absolute atomic E-state index is 0.512. The van der Waals surface area contributed by atoms with Crippen molar-refractivity contribution in [3.8, 4) is 0 Å². The molecule has 0 spiro atoms. The van der Waals surface area contributed by atoms with Crippen LogP contribution in [-0.2, 0) is 0 Å². The smallest absolute Gasteiger partial charge is 0.0409 e. The summed E-state index contributed by atoms with van der Waals surface area (Å²) >= 11 is 0. The Morgan fingerprint density at radius 3 is 1.68 bits per heavy atom. The van der Waals surface area contributed by atoms with Gasteiger partial charge in [-0.05, 0) is 50.2 Å². The lowest BCUT2D eigenvalue weighted by Crippen LogP contribution is -2.25. The van der Waals surface area contributed by atoms with E-state index in [0.717, 1.165) is 0 Å². The molecular formula is C17H22N2. The van der Waals surface area contributed by atoms with Crippen molar-refractivity contribution in [3.05, 3.63) is 54.6 Å². The van der Waals surface area contributed by atoms with Crippen molar-refractivity contribution < 1.29 is 0 Å². The molecule has 2 aromatic rings. The molecule has 0 unspecified atom stereocenters. The van der Waals surface area contributed by atoms with Gasteiger partial charge in [0.2, 0.25) is 0 Å². The molecule has 2 heteroatoms. The van der Waals surface area contributed by atoms with Gasteiger partial charge in [-0.1, -0.05) is 18.2 Å². The summed E-state index contributed by atoms with van der Waals surface area (Å²) in [5.74, 6) is 0. The van der Waals surface area contributed by atoms with E-state index in [2.05, 4.69) is 86.3 Å². The summed E-state index contributed by atoms with van der Waals surface area (Å²) in [6.07, 6.45) is 0. The third-order valence-corrected chi connectivity index (χ3v) is 3.56. The first-order chi connectivity index (χ1) is 9.09. The molecule has 2 nitrogen and oxygen atoms in total. The van der Waals surface area contributed by atoms with E-state index in [9.17, 15) is 0 Å². The molecule has 0 aliphatic carbocycles. The third-order valence-electron chi connectivity index (χ3n) is 3.56. The van der Waals surface area contributed by atoms with Crippen molar-refractivity contribution in [1.82, 2.24) is 0 Å². The highest BCUT2D eigenvalue weighted by molar-refractivity contribution is 5.65. The molecule has 0 saturated carbocycles. The first-order valence-corrected chi connectivity index (χ1v) is 6.71. The van der Waals surface area contributed by atoms with Crippen molar-refractivity contribution >= 4 is 17.1 Å². The van der Waals surface area contributed by atoms with Crippen LogP contribution in [0.15, 0.2) is 54.6 Å². The maximum Gasteiger partial charge on any atom is 0.0409 e. The number of nitrogens with zero attached hydrogens (tertiary/aromatic N) is 2. The molecule has 0 saturated heterocycles. The van der Waals surface area contributed by atoms with Gasteiger partial charge in [0.05, 0.1) is 0 Å². The summed E-state index contributed by atoms with van der Waals surface area (Å²) < 4.78 is 0. The maximum absolute atomic E-state index is 2.27. The highest BCUT2D eigenvalue weighted by atomic mass is 15.1. The van der Waals surface area contributed by atoms with Crippen molar-refractivity contribution in [3.63, 3.8) is 0 Å². The quantitative estimate of drug-likeness (QED) is 0.802. The van der Waals surface area contributed by atoms with Crippen LogP contribution < -0.4 is 9.80 Å². The molecule has 2 rings (SSSR count). The second kappa shape index (κ2) is 5.79. The van der Waals surface area contributed by atoms with E-state index in [1.165, 1.54) is 17.1 Å². The summed E-state index contributed by atoms with van der Waals surface area (Å²) in [4.78, 5) is 4.46. The fourth-order valence-corrected chi connectivity index (χ4v) is 2.01. The average molecular weight is 254 g/mol. The monoisotopic (exact) mass is 254 g/mol.